The second-order valence-corrected chi connectivity index (χ2v) is 9.44. The van der Waals surface area contributed by atoms with Crippen LogP contribution in [0.1, 0.15) is 37.0 Å². The van der Waals surface area contributed by atoms with Crippen molar-refractivity contribution in [2.75, 3.05) is 26.7 Å². The number of aliphatic hydroxyl groups excluding tert-OH is 1. The molecule has 1 saturated heterocycles. The van der Waals surface area contributed by atoms with Crippen molar-refractivity contribution in [3.05, 3.63) is 84.1 Å². The zero-order chi connectivity index (χ0) is 24.3. The SMILES string of the molecule is C=CC1C[N+](Cc2c(F)cccc2F)(C[C@H](O)c2ccnc3ccc(OC)cc23)CCC1CC. The minimum atomic E-state index is -0.837. The predicted octanol–water partition coefficient (Wildman–Crippen LogP) is 5.80. The smallest absolute Gasteiger partial charge is 0.135 e. The maximum Gasteiger partial charge on any atom is 0.135 e. The van der Waals surface area contributed by atoms with E-state index in [2.05, 4.69) is 18.5 Å². The molecule has 1 fully saturated rings. The van der Waals surface area contributed by atoms with Crippen LogP contribution < -0.4 is 4.74 Å². The number of methoxy groups -OCH3 is 1. The topological polar surface area (TPSA) is 42.4 Å². The Kier molecular flexibility index (Phi) is 7.29. The van der Waals surface area contributed by atoms with Crippen molar-refractivity contribution >= 4 is 10.9 Å². The number of rotatable bonds is 8. The fourth-order valence-corrected chi connectivity index (χ4v) is 5.54. The lowest BCUT2D eigenvalue weighted by Crippen LogP contribution is -2.57. The van der Waals surface area contributed by atoms with Gasteiger partial charge in [0.05, 0.1) is 31.3 Å². The minimum absolute atomic E-state index is 0.0775. The number of quaternary nitrogens is 1. The molecule has 4 atom stereocenters. The number of ether oxygens (including phenoxy) is 1. The first-order chi connectivity index (χ1) is 16.4. The van der Waals surface area contributed by atoms with Crippen LogP contribution in [0.4, 0.5) is 8.78 Å². The molecule has 4 rings (SSSR count). The number of piperidine rings is 1. The summed E-state index contributed by atoms with van der Waals surface area (Å²) in [7, 11) is 1.60. The molecule has 0 saturated carbocycles. The molecule has 34 heavy (non-hydrogen) atoms. The summed E-state index contributed by atoms with van der Waals surface area (Å²) in [5, 5.41) is 12.3. The molecule has 4 nitrogen and oxygen atoms in total. The van der Waals surface area contributed by atoms with E-state index in [1.54, 1.807) is 13.3 Å². The van der Waals surface area contributed by atoms with Crippen molar-refractivity contribution < 1.29 is 23.1 Å². The van der Waals surface area contributed by atoms with E-state index in [9.17, 15) is 13.9 Å². The summed E-state index contributed by atoms with van der Waals surface area (Å²) in [5.41, 5.74) is 1.58. The van der Waals surface area contributed by atoms with Crippen LogP contribution in [0.25, 0.3) is 10.9 Å². The summed E-state index contributed by atoms with van der Waals surface area (Å²) in [6.45, 7) is 8.15. The van der Waals surface area contributed by atoms with Gasteiger partial charge in [-0.15, -0.1) is 6.58 Å². The van der Waals surface area contributed by atoms with Crippen LogP contribution in [-0.4, -0.2) is 41.3 Å². The highest BCUT2D eigenvalue weighted by molar-refractivity contribution is 5.83. The summed E-state index contributed by atoms with van der Waals surface area (Å²) in [6, 6.07) is 11.4. The Labute approximate surface area is 200 Å². The number of likely N-dealkylation sites (tertiary alicyclic amines) is 1. The minimum Gasteiger partial charge on any atom is -0.497 e. The van der Waals surface area contributed by atoms with Crippen molar-refractivity contribution in [1.29, 1.82) is 0 Å². The van der Waals surface area contributed by atoms with Crippen LogP contribution in [0.15, 0.2) is 61.3 Å². The third-order valence-corrected chi connectivity index (χ3v) is 7.46. The lowest BCUT2D eigenvalue weighted by Gasteiger charge is -2.47. The second kappa shape index (κ2) is 10.2. The van der Waals surface area contributed by atoms with Gasteiger partial charge < -0.3 is 14.3 Å². The second-order valence-electron chi connectivity index (χ2n) is 9.44. The van der Waals surface area contributed by atoms with Crippen LogP contribution in [0.5, 0.6) is 5.75 Å². The van der Waals surface area contributed by atoms with Crippen molar-refractivity contribution in [1.82, 2.24) is 4.98 Å². The highest BCUT2D eigenvalue weighted by Gasteiger charge is 2.41. The maximum absolute atomic E-state index is 14.7. The van der Waals surface area contributed by atoms with Gasteiger partial charge >= 0.3 is 0 Å². The average Bonchev–Trinajstić information content (AvgIpc) is 2.85. The summed E-state index contributed by atoms with van der Waals surface area (Å²) in [6.07, 6.45) is 4.76. The molecular weight excluding hydrogens is 434 g/mol. The number of pyridine rings is 1. The largest absolute Gasteiger partial charge is 0.497 e. The molecule has 3 unspecified atom stereocenters. The molecule has 0 aliphatic carbocycles. The van der Waals surface area contributed by atoms with Crippen LogP contribution >= 0.6 is 0 Å². The Morgan fingerprint density at radius 3 is 2.68 bits per heavy atom. The molecule has 0 radical (unpaired) electrons. The summed E-state index contributed by atoms with van der Waals surface area (Å²) in [5.74, 6) is 0.298. The first-order valence-corrected chi connectivity index (χ1v) is 11.9. The van der Waals surface area contributed by atoms with Gasteiger partial charge in [0.15, 0.2) is 0 Å². The highest BCUT2D eigenvalue weighted by Crippen LogP contribution is 2.37. The Bertz CT molecular complexity index is 1150. The van der Waals surface area contributed by atoms with E-state index in [0.717, 1.165) is 35.9 Å². The standard InChI is InChI=1S/C28H33F2N2O2/c1-4-19-12-14-32(16-20(19)5-2,17-24-25(29)7-6-8-26(24)30)18-28(33)22-11-13-31-27-10-9-21(34-3)15-23(22)27/h5-11,13,15,19-20,28,33H,2,4,12,14,16-18H2,1,3H3/q+1/t19?,20?,28-,32?/m0/s1. The van der Waals surface area contributed by atoms with Gasteiger partial charge in [0.1, 0.15) is 36.6 Å². The van der Waals surface area contributed by atoms with E-state index in [1.165, 1.54) is 18.2 Å². The number of aliphatic hydroxyl groups is 1. The van der Waals surface area contributed by atoms with Gasteiger partial charge in [-0.2, -0.15) is 0 Å². The van der Waals surface area contributed by atoms with Gasteiger partial charge in [-0.25, -0.2) is 8.78 Å². The molecule has 1 aliphatic heterocycles. The van der Waals surface area contributed by atoms with Crippen LogP contribution in [0.2, 0.25) is 0 Å². The lowest BCUT2D eigenvalue weighted by atomic mass is 9.81. The Balaban J connectivity index is 1.73. The van der Waals surface area contributed by atoms with E-state index >= 15 is 0 Å². The van der Waals surface area contributed by atoms with Crippen LogP contribution in [-0.2, 0) is 6.54 Å². The van der Waals surface area contributed by atoms with Crippen molar-refractivity contribution in [3.8, 4) is 5.75 Å². The maximum atomic E-state index is 14.7. The zero-order valence-corrected chi connectivity index (χ0v) is 19.9. The van der Waals surface area contributed by atoms with Gasteiger partial charge in [0.25, 0.3) is 0 Å². The number of halogens is 2. The molecule has 2 heterocycles. The molecule has 180 valence electrons. The van der Waals surface area contributed by atoms with Gasteiger partial charge in [0, 0.05) is 23.9 Å². The van der Waals surface area contributed by atoms with Crippen molar-refractivity contribution in [3.63, 3.8) is 0 Å². The number of hydrogen-bond acceptors (Lipinski definition) is 3. The Morgan fingerprint density at radius 1 is 1.24 bits per heavy atom. The number of aromatic nitrogens is 1. The van der Waals surface area contributed by atoms with Crippen molar-refractivity contribution in [2.24, 2.45) is 11.8 Å². The van der Waals surface area contributed by atoms with Gasteiger partial charge in [-0.1, -0.05) is 25.5 Å². The number of hydrogen-bond donors (Lipinski definition) is 1. The van der Waals surface area contributed by atoms with E-state index in [4.69, 9.17) is 4.74 Å². The summed E-state index contributed by atoms with van der Waals surface area (Å²) >= 11 is 0. The molecule has 6 heteroatoms. The predicted molar refractivity (Wildman–Crippen MR) is 130 cm³/mol. The number of fused-ring (bicyclic) bond motifs is 1. The first kappa shape index (κ1) is 24.3. The Morgan fingerprint density at radius 2 is 2.00 bits per heavy atom. The van der Waals surface area contributed by atoms with E-state index < -0.39 is 17.7 Å². The monoisotopic (exact) mass is 467 g/mol. The van der Waals surface area contributed by atoms with Gasteiger partial charge in [0.2, 0.25) is 0 Å². The molecule has 1 aliphatic rings. The Hall–Kier alpha value is -2.83. The fourth-order valence-electron chi connectivity index (χ4n) is 5.54. The highest BCUT2D eigenvalue weighted by atomic mass is 19.1. The fraction of sp³-hybridized carbons (Fsp3) is 0.393. The van der Waals surface area contributed by atoms with Crippen LogP contribution in [0, 0.1) is 23.5 Å². The molecule has 0 bridgehead atoms. The van der Waals surface area contributed by atoms with E-state index in [0.29, 0.717) is 29.2 Å². The molecular formula is C28H33F2N2O2+. The third-order valence-electron chi connectivity index (χ3n) is 7.46. The molecule has 0 spiro atoms. The molecule has 3 aromatic rings. The van der Waals surface area contributed by atoms with Gasteiger partial charge in [-0.05, 0) is 47.9 Å². The zero-order valence-electron chi connectivity index (χ0n) is 19.9. The summed E-state index contributed by atoms with van der Waals surface area (Å²) in [4.78, 5) is 4.42. The van der Waals surface area contributed by atoms with E-state index in [1.807, 2.05) is 30.3 Å². The normalized spacial score (nSPS) is 23.6. The quantitative estimate of drug-likeness (QED) is 0.336. The van der Waals surface area contributed by atoms with Crippen LogP contribution in [0.3, 0.4) is 0 Å². The molecule has 2 aromatic carbocycles. The molecule has 1 N–H and O–H groups in total. The molecule has 1 aromatic heterocycles. The average molecular weight is 468 g/mol. The first-order valence-electron chi connectivity index (χ1n) is 11.9. The third kappa shape index (κ3) is 4.84. The summed E-state index contributed by atoms with van der Waals surface area (Å²) < 4.78 is 35.2. The van der Waals surface area contributed by atoms with Gasteiger partial charge in [-0.3, -0.25) is 4.98 Å². The van der Waals surface area contributed by atoms with E-state index in [-0.39, 0.29) is 18.0 Å². The number of benzene rings is 2. The molecule has 0 amide bonds. The van der Waals surface area contributed by atoms with Crippen molar-refractivity contribution in [2.45, 2.75) is 32.4 Å². The number of nitrogens with zero attached hydrogens (tertiary/aromatic N) is 2. The lowest BCUT2D eigenvalue weighted by molar-refractivity contribution is -0.952.